The van der Waals surface area contributed by atoms with Crippen molar-refractivity contribution >= 4 is 11.7 Å². The van der Waals surface area contributed by atoms with Crippen LogP contribution in [0.5, 0.6) is 0 Å². The van der Waals surface area contributed by atoms with Gasteiger partial charge in [0.2, 0.25) is 0 Å². The molecule has 1 aromatic heterocycles. The molecule has 0 N–H and O–H groups in total. The van der Waals surface area contributed by atoms with E-state index in [9.17, 15) is 5.11 Å². The molecule has 5 nitrogen and oxygen atoms in total. The van der Waals surface area contributed by atoms with E-state index in [4.69, 9.17) is 5.26 Å². The van der Waals surface area contributed by atoms with E-state index in [0.29, 0.717) is 12.4 Å². The molecule has 0 spiro atoms. The van der Waals surface area contributed by atoms with Crippen LogP contribution in [-0.4, -0.2) is 15.4 Å². The topological polar surface area (TPSA) is 77.0 Å². The van der Waals surface area contributed by atoms with Crippen LogP contribution < -0.4 is 5.11 Å². The lowest BCUT2D eigenvalue weighted by Gasteiger charge is -2.07. The van der Waals surface area contributed by atoms with Crippen LogP contribution in [0.15, 0.2) is 41.7 Å². The molecular formula is C13H11N4O-. The first kappa shape index (κ1) is 11.9. The number of rotatable bonds is 3. The first-order chi connectivity index (χ1) is 8.70. The van der Waals surface area contributed by atoms with Crippen molar-refractivity contribution in [3.63, 3.8) is 0 Å². The summed E-state index contributed by atoms with van der Waals surface area (Å²) in [5.41, 5.74) is 1.22. The smallest absolute Gasteiger partial charge is 0.185 e. The zero-order chi connectivity index (χ0) is 13.0. The summed E-state index contributed by atoms with van der Waals surface area (Å²) in [5, 5.41) is 20.0. The van der Waals surface area contributed by atoms with Crippen molar-refractivity contribution in [2.24, 2.45) is 4.99 Å². The summed E-state index contributed by atoms with van der Waals surface area (Å²) >= 11 is 0. The fraction of sp³-hybridized carbons (Fsp3) is 0.154. The maximum absolute atomic E-state index is 11.1. The molecular weight excluding hydrogens is 228 g/mol. The van der Waals surface area contributed by atoms with E-state index >= 15 is 0 Å². The number of imidazole rings is 1. The van der Waals surface area contributed by atoms with Gasteiger partial charge in [0, 0.05) is 0 Å². The highest BCUT2D eigenvalue weighted by Crippen LogP contribution is 2.19. The molecule has 0 radical (unpaired) electrons. The van der Waals surface area contributed by atoms with Crippen LogP contribution in [0.3, 0.4) is 0 Å². The number of hydrogen-bond donors (Lipinski definition) is 0. The predicted octanol–water partition coefficient (Wildman–Crippen LogP) is 1.21. The monoisotopic (exact) mass is 239 g/mol. The Hall–Kier alpha value is -2.61. The Kier molecular flexibility index (Phi) is 3.39. The van der Waals surface area contributed by atoms with Crippen molar-refractivity contribution in [3.05, 3.63) is 47.9 Å². The molecule has 0 aliphatic rings. The number of nitrogens with zero attached hydrogens (tertiary/aromatic N) is 4. The van der Waals surface area contributed by atoms with Gasteiger partial charge in [-0.1, -0.05) is 30.3 Å². The molecule has 0 bridgehead atoms. The third kappa shape index (κ3) is 2.55. The summed E-state index contributed by atoms with van der Waals surface area (Å²) in [4.78, 5) is 7.77. The SMILES string of the molecule is C/C([O-])=N\c1c(C#N)ncn1Cc1ccccc1. The summed E-state index contributed by atoms with van der Waals surface area (Å²) in [5.74, 6) is -0.0323. The molecule has 2 aromatic rings. The van der Waals surface area contributed by atoms with Gasteiger partial charge in [0.05, 0.1) is 12.9 Å². The van der Waals surface area contributed by atoms with Gasteiger partial charge in [-0.3, -0.25) is 0 Å². The Bertz CT molecular complexity index is 604. The maximum atomic E-state index is 11.1. The minimum absolute atomic E-state index is 0.168. The second-order valence-corrected chi connectivity index (χ2v) is 3.77. The highest BCUT2D eigenvalue weighted by Gasteiger charge is 2.09. The molecule has 0 fully saturated rings. The maximum Gasteiger partial charge on any atom is 0.185 e. The van der Waals surface area contributed by atoms with Crippen molar-refractivity contribution in [2.75, 3.05) is 0 Å². The number of benzene rings is 1. The van der Waals surface area contributed by atoms with E-state index in [2.05, 4.69) is 9.98 Å². The lowest BCUT2D eigenvalue weighted by Crippen LogP contribution is -2.12. The molecule has 0 amide bonds. The highest BCUT2D eigenvalue weighted by atomic mass is 16.3. The largest absolute Gasteiger partial charge is 0.862 e. The molecule has 0 unspecified atom stereocenters. The lowest BCUT2D eigenvalue weighted by molar-refractivity contribution is -0.215. The highest BCUT2D eigenvalue weighted by molar-refractivity contribution is 5.72. The van der Waals surface area contributed by atoms with Gasteiger partial charge in [-0.25, -0.2) is 9.98 Å². The Morgan fingerprint density at radius 2 is 2.17 bits per heavy atom. The molecule has 0 atom stereocenters. The van der Waals surface area contributed by atoms with Gasteiger partial charge >= 0.3 is 0 Å². The Morgan fingerprint density at radius 1 is 1.44 bits per heavy atom. The Morgan fingerprint density at radius 3 is 2.78 bits per heavy atom. The quantitative estimate of drug-likeness (QED) is 0.596. The molecule has 2 rings (SSSR count). The minimum Gasteiger partial charge on any atom is -0.862 e. The van der Waals surface area contributed by atoms with Crippen molar-refractivity contribution in [1.29, 1.82) is 5.26 Å². The zero-order valence-electron chi connectivity index (χ0n) is 9.87. The van der Waals surface area contributed by atoms with Gasteiger partial charge in [-0.05, 0) is 18.4 Å². The molecule has 90 valence electrons. The molecule has 1 heterocycles. The van der Waals surface area contributed by atoms with Gasteiger partial charge < -0.3 is 9.67 Å². The molecule has 0 aliphatic carbocycles. The van der Waals surface area contributed by atoms with Gasteiger partial charge in [0.25, 0.3) is 0 Å². The fourth-order valence-corrected chi connectivity index (χ4v) is 1.62. The van der Waals surface area contributed by atoms with Crippen LogP contribution in [0.1, 0.15) is 18.2 Å². The second kappa shape index (κ2) is 5.15. The fourth-order valence-electron chi connectivity index (χ4n) is 1.62. The molecule has 18 heavy (non-hydrogen) atoms. The third-order valence-electron chi connectivity index (χ3n) is 2.38. The first-order valence-corrected chi connectivity index (χ1v) is 5.42. The molecule has 1 aromatic carbocycles. The second-order valence-electron chi connectivity index (χ2n) is 3.77. The van der Waals surface area contributed by atoms with E-state index in [-0.39, 0.29) is 11.6 Å². The molecule has 0 saturated carbocycles. The summed E-state index contributed by atoms with van der Waals surface area (Å²) in [6.45, 7) is 1.88. The number of nitriles is 1. The summed E-state index contributed by atoms with van der Waals surface area (Å²) in [7, 11) is 0. The first-order valence-electron chi connectivity index (χ1n) is 5.42. The summed E-state index contributed by atoms with van der Waals surface area (Å²) in [6, 6.07) is 11.6. The molecule has 5 heteroatoms. The van der Waals surface area contributed by atoms with Gasteiger partial charge in [-0.2, -0.15) is 5.26 Å². The Labute approximate surface area is 105 Å². The van der Waals surface area contributed by atoms with Crippen molar-refractivity contribution in [3.8, 4) is 6.07 Å². The van der Waals surface area contributed by atoms with E-state index < -0.39 is 0 Å². The average Bonchev–Trinajstić information content (AvgIpc) is 2.72. The third-order valence-corrected chi connectivity index (χ3v) is 2.38. The number of aromatic nitrogens is 2. The van der Waals surface area contributed by atoms with Gasteiger partial charge in [0.1, 0.15) is 6.07 Å². The van der Waals surface area contributed by atoms with Crippen molar-refractivity contribution < 1.29 is 5.11 Å². The van der Waals surface area contributed by atoms with Crippen molar-refractivity contribution in [1.82, 2.24) is 9.55 Å². The standard InChI is InChI=1S/C13H12N4O/c1-10(18)16-13-12(7-14)15-9-17(13)8-11-5-3-2-4-6-11/h2-6,9H,8H2,1H3,(H,16,18)/p-1. The zero-order valence-corrected chi connectivity index (χ0v) is 9.87. The Balaban J connectivity index is 2.37. The molecule has 0 aliphatic heterocycles. The van der Waals surface area contributed by atoms with Crippen LogP contribution in [0.25, 0.3) is 0 Å². The van der Waals surface area contributed by atoms with E-state index in [1.807, 2.05) is 36.4 Å². The van der Waals surface area contributed by atoms with Crippen molar-refractivity contribution in [2.45, 2.75) is 13.5 Å². The van der Waals surface area contributed by atoms with Crippen LogP contribution >= 0.6 is 0 Å². The molecule has 0 saturated heterocycles. The summed E-state index contributed by atoms with van der Waals surface area (Å²) in [6.07, 6.45) is 1.52. The van der Waals surface area contributed by atoms with Crippen LogP contribution in [-0.2, 0) is 6.54 Å². The van der Waals surface area contributed by atoms with E-state index in [1.54, 1.807) is 4.57 Å². The van der Waals surface area contributed by atoms with Crippen LogP contribution in [0.4, 0.5) is 5.82 Å². The lowest BCUT2D eigenvalue weighted by atomic mass is 10.2. The van der Waals surface area contributed by atoms with E-state index in [0.717, 1.165) is 5.56 Å². The normalized spacial score (nSPS) is 11.2. The average molecular weight is 239 g/mol. The number of hydrogen-bond acceptors (Lipinski definition) is 4. The predicted molar refractivity (Wildman–Crippen MR) is 65.3 cm³/mol. The van der Waals surface area contributed by atoms with Crippen LogP contribution in [0, 0.1) is 11.3 Å². The van der Waals surface area contributed by atoms with Gasteiger partial charge in [0.15, 0.2) is 11.5 Å². The number of aliphatic imine (C=N–C) groups is 1. The van der Waals surface area contributed by atoms with Gasteiger partial charge in [-0.15, -0.1) is 0 Å². The summed E-state index contributed by atoms with van der Waals surface area (Å²) < 4.78 is 1.69. The van der Waals surface area contributed by atoms with E-state index in [1.165, 1.54) is 13.3 Å². The van der Waals surface area contributed by atoms with Crippen LogP contribution in [0.2, 0.25) is 0 Å². The minimum atomic E-state index is -0.346.